The molecule has 2 heterocycles. The van der Waals surface area contributed by atoms with E-state index in [1.807, 2.05) is 0 Å². The molecule has 0 aliphatic rings. The molecule has 2 aromatic rings. The largest absolute Gasteiger partial charge is 0.343 e. The van der Waals surface area contributed by atoms with Crippen LogP contribution in [-0.2, 0) is 10.0 Å². The van der Waals surface area contributed by atoms with Crippen LogP contribution in [0.3, 0.4) is 0 Å². The highest BCUT2D eigenvalue weighted by atomic mass is 32.2. The Bertz CT molecular complexity index is 756. The molecule has 0 aliphatic carbocycles. The number of aromatic nitrogens is 1. The van der Waals surface area contributed by atoms with Gasteiger partial charge in [0.05, 0.1) is 12.2 Å². The molecule has 9 heteroatoms. The predicted molar refractivity (Wildman–Crippen MR) is 75.8 cm³/mol. The number of nitrogens with one attached hydrogen (secondary N) is 1. The molecule has 0 aromatic carbocycles. The second kappa shape index (κ2) is 5.88. The van der Waals surface area contributed by atoms with Crippen LogP contribution in [0.25, 0.3) is 0 Å². The van der Waals surface area contributed by atoms with E-state index < -0.39 is 27.8 Å². The molecule has 3 N–H and O–H groups in total. The van der Waals surface area contributed by atoms with Crippen molar-refractivity contribution in [3.05, 3.63) is 46.9 Å². The van der Waals surface area contributed by atoms with Gasteiger partial charge in [0.1, 0.15) is 15.7 Å². The number of thiophene rings is 1. The average Bonchev–Trinajstić information content (AvgIpc) is 2.88. The fourth-order valence-electron chi connectivity index (χ4n) is 1.57. The van der Waals surface area contributed by atoms with E-state index >= 15 is 0 Å². The van der Waals surface area contributed by atoms with Crippen LogP contribution in [0, 0.1) is 5.82 Å². The van der Waals surface area contributed by atoms with Gasteiger partial charge in [-0.15, -0.1) is 11.3 Å². The zero-order chi connectivity index (χ0) is 15.6. The molecular formula is C12H12FN3O3S2. The summed E-state index contributed by atoms with van der Waals surface area (Å²) in [5.41, 5.74) is 0.0754. The SMILES string of the molecule is CC(NC(=O)c1ccc(F)cn1)c1ccc(S(N)(=O)=O)s1. The third-order valence-corrected chi connectivity index (χ3v) is 5.32. The Balaban J connectivity index is 2.11. The van der Waals surface area contributed by atoms with Crippen molar-refractivity contribution in [2.75, 3.05) is 0 Å². The second-order valence-corrected chi connectivity index (χ2v) is 7.16. The average molecular weight is 329 g/mol. The molecule has 1 amide bonds. The van der Waals surface area contributed by atoms with Gasteiger partial charge >= 0.3 is 0 Å². The van der Waals surface area contributed by atoms with Crippen LogP contribution in [-0.4, -0.2) is 19.3 Å². The number of amides is 1. The molecule has 0 fully saturated rings. The van der Waals surface area contributed by atoms with Gasteiger partial charge in [-0.3, -0.25) is 4.79 Å². The Labute approximate surface area is 124 Å². The van der Waals surface area contributed by atoms with Crippen LogP contribution in [0.2, 0.25) is 0 Å². The van der Waals surface area contributed by atoms with E-state index in [0.29, 0.717) is 4.88 Å². The summed E-state index contributed by atoms with van der Waals surface area (Å²) in [5.74, 6) is -1.01. The van der Waals surface area contributed by atoms with E-state index in [-0.39, 0.29) is 9.90 Å². The first-order valence-corrected chi connectivity index (χ1v) is 8.18. The quantitative estimate of drug-likeness (QED) is 0.885. The minimum atomic E-state index is -3.75. The lowest BCUT2D eigenvalue weighted by molar-refractivity contribution is 0.0935. The molecule has 0 bridgehead atoms. The highest BCUT2D eigenvalue weighted by Crippen LogP contribution is 2.25. The van der Waals surface area contributed by atoms with Gasteiger partial charge in [0.2, 0.25) is 10.0 Å². The van der Waals surface area contributed by atoms with Gasteiger partial charge < -0.3 is 5.32 Å². The van der Waals surface area contributed by atoms with E-state index in [1.165, 1.54) is 12.1 Å². The fraction of sp³-hybridized carbons (Fsp3) is 0.167. The number of carbonyl (C=O) groups excluding carboxylic acids is 1. The number of nitrogens with two attached hydrogens (primary N) is 1. The standard InChI is InChI=1S/C12H12FN3O3S2/c1-7(10-4-5-11(20-10)21(14,18)19)16-12(17)9-3-2-8(13)6-15-9/h2-7H,1H3,(H,16,17)(H2,14,18,19). The summed E-state index contributed by atoms with van der Waals surface area (Å²) >= 11 is 0.979. The Kier molecular flexibility index (Phi) is 4.35. The third kappa shape index (κ3) is 3.84. The first kappa shape index (κ1) is 15.5. The van der Waals surface area contributed by atoms with Crippen molar-refractivity contribution in [2.45, 2.75) is 17.2 Å². The maximum atomic E-state index is 12.7. The van der Waals surface area contributed by atoms with Gasteiger partial charge in [-0.25, -0.2) is 22.9 Å². The van der Waals surface area contributed by atoms with Crippen LogP contribution in [0.5, 0.6) is 0 Å². The highest BCUT2D eigenvalue weighted by Gasteiger charge is 2.17. The Morgan fingerprint density at radius 3 is 2.62 bits per heavy atom. The molecule has 1 unspecified atom stereocenters. The van der Waals surface area contributed by atoms with Crippen molar-refractivity contribution >= 4 is 27.3 Å². The van der Waals surface area contributed by atoms with Crippen molar-refractivity contribution < 1.29 is 17.6 Å². The number of carbonyl (C=O) groups is 1. The minimum Gasteiger partial charge on any atom is -0.343 e. The van der Waals surface area contributed by atoms with Crippen molar-refractivity contribution in [1.82, 2.24) is 10.3 Å². The van der Waals surface area contributed by atoms with Crippen LogP contribution in [0.15, 0.2) is 34.7 Å². The summed E-state index contributed by atoms with van der Waals surface area (Å²) in [6.07, 6.45) is 0.948. The Morgan fingerprint density at radius 2 is 2.10 bits per heavy atom. The third-order valence-electron chi connectivity index (χ3n) is 2.62. The van der Waals surface area contributed by atoms with Crippen molar-refractivity contribution in [3.8, 4) is 0 Å². The second-order valence-electron chi connectivity index (χ2n) is 4.26. The summed E-state index contributed by atoms with van der Waals surface area (Å²) < 4.78 is 35.2. The molecular weight excluding hydrogens is 317 g/mol. The van der Waals surface area contributed by atoms with Crippen LogP contribution in [0.4, 0.5) is 4.39 Å². The molecule has 0 saturated carbocycles. The molecule has 0 radical (unpaired) electrons. The maximum Gasteiger partial charge on any atom is 0.270 e. The molecule has 0 spiro atoms. The molecule has 6 nitrogen and oxygen atoms in total. The van der Waals surface area contributed by atoms with Crippen LogP contribution < -0.4 is 10.5 Å². The normalized spacial score (nSPS) is 12.9. The van der Waals surface area contributed by atoms with Gasteiger partial charge in [0.25, 0.3) is 5.91 Å². The van der Waals surface area contributed by atoms with Crippen molar-refractivity contribution in [2.24, 2.45) is 5.14 Å². The lowest BCUT2D eigenvalue weighted by Gasteiger charge is -2.11. The molecule has 0 aliphatic heterocycles. The predicted octanol–water partition coefficient (Wildman–Crippen LogP) is 1.42. The van der Waals surface area contributed by atoms with Crippen molar-refractivity contribution in [3.63, 3.8) is 0 Å². The van der Waals surface area contributed by atoms with E-state index in [2.05, 4.69) is 10.3 Å². The minimum absolute atomic E-state index is 0.0264. The van der Waals surface area contributed by atoms with Crippen LogP contribution >= 0.6 is 11.3 Å². The smallest absolute Gasteiger partial charge is 0.270 e. The topological polar surface area (TPSA) is 102 Å². The number of rotatable bonds is 4. The lowest BCUT2D eigenvalue weighted by Crippen LogP contribution is -2.26. The molecule has 21 heavy (non-hydrogen) atoms. The van der Waals surface area contributed by atoms with E-state index in [1.54, 1.807) is 13.0 Å². The van der Waals surface area contributed by atoms with Gasteiger partial charge in [0, 0.05) is 4.88 Å². The number of sulfonamides is 1. The maximum absolute atomic E-state index is 12.7. The van der Waals surface area contributed by atoms with Crippen LogP contribution in [0.1, 0.15) is 28.3 Å². The Hall–Kier alpha value is -1.84. The summed E-state index contributed by atoms with van der Waals surface area (Å²) in [6, 6.07) is 4.94. The summed E-state index contributed by atoms with van der Waals surface area (Å²) in [4.78, 5) is 16.2. The zero-order valence-corrected chi connectivity index (χ0v) is 12.5. The van der Waals surface area contributed by atoms with Gasteiger partial charge in [0.15, 0.2) is 0 Å². The monoisotopic (exact) mass is 329 g/mol. The Morgan fingerprint density at radius 1 is 1.38 bits per heavy atom. The van der Waals surface area contributed by atoms with Gasteiger partial charge in [-0.2, -0.15) is 0 Å². The number of pyridine rings is 1. The number of hydrogen-bond donors (Lipinski definition) is 2. The molecule has 0 saturated heterocycles. The number of nitrogens with zero attached hydrogens (tertiary/aromatic N) is 1. The van der Waals surface area contributed by atoms with Gasteiger partial charge in [-0.05, 0) is 31.2 Å². The van der Waals surface area contributed by atoms with E-state index in [0.717, 1.165) is 23.6 Å². The summed E-state index contributed by atoms with van der Waals surface area (Å²) in [7, 11) is -3.75. The fourth-order valence-corrected chi connectivity index (χ4v) is 3.32. The first-order chi connectivity index (χ1) is 9.77. The number of hydrogen-bond acceptors (Lipinski definition) is 5. The molecule has 1 atom stereocenters. The lowest BCUT2D eigenvalue weighted by atomic mass is 10.2. The molecule has 2 rings (SSSR count). The summed E-state index contributed by atoms with van der Waals surface area (Å²) in [5, 5.41) is 7.67. The zero-order valence-electron chi connectivity index (χ0n) is 10.9. The molecule has 112 valence electrons. The van der Waals surface area contributed by atoms with Gasteiger partial charge in [-0.1, -0.05) is 0 Å². The van der Waals surface area contributed by atoms with Crippen molar-refractivity contribution in [1.29, 1.82) is 0 Å². The summed E-state index contributed by atoms with van der Waals surface area (Å²) in [6.45, 7) is 1.69. The van der Waals surface area contributed by atoms with E-state index in [9.17, 15) is 17.6 Å². The number of halogens is 1. The van der Waals surface area contributed by atoms with E-state index in [4.69, 9.17) is 5.14 Å². The highest BCUT2D eigenvalue weighted by molar-refractivity contribution is 7.91. The molecule has 2 aromatic heterocycles. The first-order valence-electron chi connectivity index (χ1n) is 5.82. The number of primary sulfonamides is 1.